The lowest BCUT2D eigenvalue weighted by molar-refractivity contribution is -0.122. The molecule has 0 aliphatic carbocycles. The maximum absolute atomic E-state index is 12.1. The molecule has 3 nitrogen and oxygen atoms in total. The third-order valence-electron chi connectivity index (χ3n) is 2.89. The molecule has 1 atom stereocenters. The van der Waals surface area contributed by atoms with Crippen LogP contribution in [0.4, 0.5) is 5.69 Å². The van der Waals surface area contributed by atoms with Gasteiger partial charge < -0.3 is 10.1 Å². The van der Waals surface area contributed by atoms with Gasteiger partial charge in [0.25, 0.3) is 5.91 Å². The van der Waals surface area contributed by atoms with E-state index < -0.39 is 6.10 Å². The van der Waals surface area contributed by atoms with Gasteiger partial charge in [0.05, 0.1) is 10.7 Å². The molecule has 0 fully saturated rings. The molecule has 5 heteroatoms. The monoisotopic (exact) mass is 323 g/mol. The molecular weight excluding hydrogens is 309 g/mol. The topological polar surface area (TPSA) is 38.3 Å². The zero-order valence-electron chi connectivity index (χ0n) is 11.7. The summed E-state index contributed by atoms with van der Waals surface area (Å²) in [5, 5.41) is 3.62. The molecule has 0 radical (unpaired) electrons. The number of aryl methyl sites for hydroxylation is 1. The SMILES string of the molecule is Cc1ccc(O[C@H](C)C(=O)Nc2ccc(Cl)cc2Cl)cc1. The van der Waals surface area contributed by atoms with Gasteiger partial charge in [0, 0.05) is 5.02 Å². The summed E-state index contributed by atoms with van der Waals surface area (Å²) in [5.74, 6) is 0.366. The fourth-order valence-electron chi connectivity index (χ4n) is 1.70. The van der Waals surface area contributed by atoms with Crippen LogP contribution >= 0.6 is 23.2 Å². The van der Waals surface area contributed by atoms with Crippen LogP contribution in [0.1, 0.15) is 12.5 Å². The number of hydrogen-bond donors (Lipinski definition) is 1. The van der Waals surface area contributed by atoms with Gasteiger partial charge >= 0.3 is 0 Å². The number of amides is 1. The van der Waals surface area contributed by atoms with Crippen LogP contribution in [-0.4, -0.2) is 12.0 Å². The Balaban J connectivity index is 2.00. The number of benzene rings is 2. The molecule has 2 aromatic carbocycles. The Morgan fingerprint density at radius 2 is 1.81 bits per heavy atom. The van der Waals surface area contributed by atoms with Gasteiger partial charge in [-0.2, -0.15) is 0 Å². The predicted molar refractivity (Wildman–Crippen MR) is 86.4 cm³/mol. The lowest BCUT2D eigenvalue weighted by atomic mass is 10.2. The molecule has 0 unspecified atom stereocenters. The van der Waals surface area contributed by atoms with Crippen molar-refractivity contribution in [2.24, 2.45) is 0 Å². The van der Waals surface area contributed by atoms with E-state index in [-0.39, 0.29) is 5.91 Å². The van der Waals surface area contributed by atoms with Crippen molar-refractivity contribution in [1.82, 2.24) is 0 Å². The number of rotatable bonds is 4. The van der Waals surface area contributed by atoms with Crippen molar-refractivity contribution < 1.29 is 9.53 Å². The molecule has 110 valence electrons. The summed E-state index contributed by atoms with van der Waals surface area (Å²) in [5.41, 5.74) is 1.64. The van der Waals surface area contributed by atoms with Crippen molar-refractivity contribution in [2.45, 2.75) is 20.0 Å². The summed E-state index contributed by atoms with van der Waals surface area (Å²) in [6.07, 6.45) is -0.639. The van der Waals surface area contributed by atoms with Gasteiger partial charge in [-0.15, -0.1) is 0 Å². The zero-order valence-corrected chi connectivity index (χ0v) is 13.2. The molecule has 0 saturated carbocycles. The van der Waals surface area contributed by atoms with Crippen LogP contribution in [0.15, 0.2) is 42.5 Å². The van der Waals surface area contributed by atoms with E-state index in [4.69, 9.17) is 27.9 Å². The van der Waals surface area contributed by atoms with Crippen molar-refractivity contribution in [3.05, 3.63) is 58.1 Å². The van der Waals surface area contributed by atoms with Gasteiger partial charge in [0.1, 0.15) is 5.75 Å². The van der Waals surface area contributed by atoms with E-state index in [1.165, 1.54) is 0 Å². The number of carbonyl (C=O) groups excluding carboxylic acids is 1. The number of hydrogen-bond acceptors (Lipinski definition) is 2. The van der Waals surface area contributed by atoms with Crippen LogP contribution in [0.2, 0.25) is 10.0 Å². The molecule has 0 saturated heterocycles. The largest absolute Gasteiger partial charge is 0.481 e. The average molecular weight is 324 g/mol. The Morgan fingerprint density at radius 1 is 1.14 bits per heavy atom. The second-order valence-corrected chi connectivity index (χ2v) is 5.53. The Labute approximate surface area is 133 Å². The molecule has 1 N–H and O–H groups in total. The van der Waals surface area contributed by atoms with E-state index in [0.29, 0.717) is 21.5 Å². The van der Waals surface area contributed by atoms with Gasteiger partial charge in [0.2, 0.25) is 0 Å². The zero-order chi connectivity index (χ0) is 15.4. The van der Waals surface area contributed by atoms with Crippen molar-refractivity contribution in [1.29, 1.82) is 0 Å². The van der Waals surface area contributed by atoms with Gasteiger partial charge in [0.15, 0.2) is 6.10 Å². The molecule has 0 spiro atoms. The molecular formula is C16H15Cl2NO2. The van der Waals surface area contributed by atoms with Crippen molar-refractivity contribution in [3.63, 3.8) is 0 Å². The Bertz CT molecular complexity index is 641. The highest BCUT2D eigenvalue weighted by molar-refractivity contribution is 6.36. The molecule has 0 aliphatic rings. The second kappa shape index (κ2) is 6.83. The van der Waals surface area contributed by atoms with E-state index in [2.05, 4.69) is 5.32 Å². The third-order valence-corrected chi connectivity index (χ3v) is 3.44. The van der Waals surface area contributed by atoms with Gasteiger partial charge in [-0.3, -0.25) is 4.79 Å². The minimum Gasteiger partial charge on any atom is -0.481 e. The molecule has 0 aliphatic heterocycles. The number of nitrogens with one attached hydrogen (secondary N) is 1. The van der Waals surface area contributed by atoms with E-state index in [1.54, 1.807) is 25.1 Å². The lowest BCUT2D eigenvalue weighted by Crippen LogP contribution is -2.30. The summed E-state index contributed by atoms with van der Waals surface area (Å²) in [4.78, 5) is 12.1. The maximum atomic E-state index is 12.1. The van der Waals surface area contributed by atoms with Gasteiger partial charge in [-0.25, -0.2) is 0 Å². The molecule has 21 heavy (non-hydrogen) atoms. The minimum absolute atomic E-state index is 0.278. The minimum atomic E-state index is -0.639. The van der Waals surface area contributed by atoms with Crippen molar-refractivity contribution in [2.75, 3.05) is 5.32 Å². The highest BCUT2D eigenvalue weighted by Gasteiger charge is 2.16. The Kier molecular flexibility index (Phi) is 5.10. The predicted octanol–water partition coefficient (Wildman–Crippen LogP) is 4.71. The number of anilines is 1. The Hall–Kier alpha value is -1.71. The van der Waals surface area contributed by atoms with Crippen LogP contribution in [-0.2, 0) is 4.79 Å². The van der Waals surface area contributed by atoms with Crippen LogP contribution in [0.25, 0.3) is 0 Å². The molecule has 2 rings (SSSR count). The van der Waals surface area contributed by atoms with Crippen LogP contribution in [0.5, 0.6) is 5.75 Å². The summed E-state index contributed by atoms with van der Waals surface area (Å²) in [6.45, 7) is 3.67. The normalized spacial score (nSPS) is 11.8. The summed E-state index contributed by atoms with van der Waals surface area (Å²) in [6, 6.07) is 12.4. The highest BCUT2D eigenvalue weighted by Crippen LogP contribution is 2.25. The van der Waals surface area contributed by atoms with Crippen LogP contribution in [0, 0.1) is 6.92 Å². The first kappa shape index (κ1) is 15.7. The maximum Gasteiger partial charge on any atom is 0.265 e. The average Bonchev–Trinajstić information content (AvgIpc) is 2.44. The molecule has 1 amide bonds. The standard InChI is InChI=1S/C16H15Cl2NO2/c1-10-3-6-13(7-4-10)21-11(2)16(20)19-15-8-5-12(17)9-14(15)18/h3-9,11H,1-2H3,(H,19,20)/t11-/m1/s1. The quantitative estimate of drug-likeness (QED) is 0.885. The molecule has 0 bridgehead atoms. The first-order valence-corrected chi connectivity index (χ1v) is 7.20. The third kappa shape index (κ3) is 4.38. The summed E-state index contributed by atoms with van der Waals surface area (Å²) < 4.78 is 5.59. The lowest BCUT2D eigenvalue weighted by Gasteiger charge is -2.15. The van der Waals surface area contributed by atoms with E-state index in [9.17, 15) is 4.79 Å². The Morgan fingerprint density at radius 3 is 2.43 bits per heavy atom. The highest BCUT2D eigenvalue weighted by atomic mass is 35.5. The van der Waals surface area contributed by atoms with E-state index >= 15 is 0 Å². The van der Waals surface area contributed by atoms with Gasteiger partial charge in [-0.05, 0) is 44.2 Å². The van der Waals surface area contributed by atoms with E-state index in [0.717, 1.165) is 5.56 Å². The molecule has 0 heterocycles. The van der Waals surface area contributed by atoms with Crippen molar-refractivity contribution >= 4 is 34.8 Å². The number of carbonyl (C=O) groups is 1. The number of ether oxygens (including phenoxy) is 1. The molecule has 0 aromatic heterocycles. The van der Waals surface area contributed by atoms with Crippen molar-refractivity contribution in [3.8, 4) is 5.75 Å². The summed E-state index contributed by atoms with van der Waals surface area (Å²) in [7, 11) is 0. The van der Waals surface area contributed by atoms with Crippen LogP contribution in [0.3, 0.4) is 0 Å². The first-order valence-electron chi connectivity index (χ1n) is 6.45. The van der Waals surface area contributed by atoms with Gasteiger partial charge in [-0.1, -0.05) is 40.9 Å². The first-order chi connectivity index (χ1) is 9.95. The number of halogens is 2. The second-order valence-electron chi connectivity index (χ2n) is 4.69. The van der Waals surface area contributed by atoms with E-state index in [1.807, 2.05) is 31.2 Å². The fourth-order valence-corrected chi connectivity index (χ4v) is 2.16. The summed E-state index contributed by atoms with van der Waals surface area (Å²) >= 11 is 11.8. The fraction of sp³-hybridized carbons (Fsp3) is 0.188. The van der Waals surface area contributed by atoms with Crippen LogP contribution < -0.4 is 10.1 Å². The smallest absolute Gasteiger partial charge is 0.265 e. The molecule has 2 aromatic rings.